The van der Waals surface area contributed by atoms with Gasteiger partial charge in [-0.25, -0.2) is 0 Å². The number of hydrogen-bond acceptors (Lipinski definition) is 3. The van der Waals surface area contributed by atoms with Gasteiger partial charge in [0.2, 0.25) is 5.91 Å². The summed E-state index contributed by atoms with van der Waals surface area (Å²) in [6, 6.07) is 3.68. The molecular weight excluding hydrogens is 306 g/mol. The number of ketones is 1. The number of nitrogens with one attached hydrogen (secondary N) is 1. The van der Waals surface area contributed by atoms with Crippen molar-refractivity contribution in [3.05, 3.63) is 21.3 Å². The van der Waals surface area contributed by atoms with Gasteiger partial charge >= 0.3 is 0 Å². The fourth-order valence-electron chi connectivity index (χ4n) is 3.04. The molecule has 1 aromatic heterocycles. The van der Waals surface area contributed by atoms with Crippen LogP contribution in [0.15, 0.2) is 12.1 Å². The molecule has 1 aromatic rings. The monoisotopic (exact) mass is 327 g/mol. The van der Waals surface area contributed by atoms with Crippen LogP contribution in [0.3, 0.4) is 0 Å². The maximum absolute atomic E-state index is 12.1. The van der Waals surface area contributed by atoms with E-state index >= 15 is 0 Å². The summed E-state index contributed by atoms with van der Waals surface area (Å²) in [5, 5.41) is 3.12. The molecule has 1 amide bonds. The zero-order valence-electron chi connectivity index (χ0n) is 12.5. The lowest BCUT2D eigenvalue weighted by Gasteiger charge is -2.35. The number of halogens is 1. The van der Waals surface area contributed by atoms with Gasteiger partial charge in [0.05, 0.1) is 9.21 Å². The normalized spacial score (nSPS) is 25.6. The van der Waals surface area contributed by atoms with E-state index in [1.54, 1.807) is 12.1 Å². The second kappa shape index (κ2) is 7.41. The van der Waals surface area contributed by atoms with Crippen molar-refractivity contribution >= 4 is 34.6 Å². The molecule has 1 aliphatic rings. The van der Waals surface area contributed by atoms with E-state index < -0.39 is 0 Å². The number of carbonyl (C=O) groups excluding carboxylic acids is 2. The van der Waals surface area contributed by atoms with Gasteiger partial charge in [-0.1, -0.05) is 31.9 Å². The summed E-state index contributed by atoms with van der Waals surface area (Å²) in [5.41, 5.74) is 0. The largest absolute Gasteiger partial charge is 0.353 e. The lowest BCUT2D eigenvalue weighted by molar-refractivity contribution is -0.122. The van der Waals surface area contributed by atoms with E-state index in [0.717, 1.165) is 0 Å². The van der Waals surface area contributed by atoms with Gasteiger partial charge in [-0.05, 0) is 36.8 Å². The molecule has 116 valence electrons. The van der Waals surface area contributed by atoms with Crippen molar-refractivity contribution in [3.8, 4) is 0 Å². The molecule has 1 aliphatic carbocycles. The van der Waals surface area contributed by atoms with E-state index in [4.69, 9.17) is 11.6 Å². The van der Waals surface area contributed by atoms with Gasteiger partial charge in [0.15, 0.2) is 5.78 Å². The quantitative estimate of drug-likeness (QED) is 0.819. The van der Waals surface area contributed by atoms with Crippen LogP contribution in [0.5, 0.6) is 0 Å². The fourth-order valence-corrected chi connectivity index (χ4v) is 4.05. The third kappa shape index (κ3) is 4.55. The summed E-state index contributed by atoms with van der Waals surface area (Å²) >= 11 is 7.08. The summed E-state index contributed by atoms with van der Waals surface area (Å²) in [4.78, 5) is 24.6. The Morgan fingerprint density at radius 3 is 2.48 bits per heavy atom. The number of thiophene rings is 1. The highest BCUT2D eigenvalue weighted by atomic mass is 35.5. The van der Waals surface area contributed by atoms with Gasteiger partial charge in [-0.3, -0.25) is 9.59 Å². The van der Waals surface area contributed by atoms with Crippen molar-refractivity contribution in [2.45, 2.75) is 52.0 Å². The van der Waals surface area contributed by atoms with Crippen LogP contribution >= 0.6 is 22.9 Å². The average molecular weight is 328 g/mol. The summed E-state index contributed by atoms with van der Waals surface area (Å²) < 4.78 is 0.604. The molecule has 2 unspecified atom stereocenters. The van der Waals surface area contributed by atoms with Gasteiger partial charge in [-0.15, -0.1) is 11.3 Å². The van der Waals surface area contributed by atoms with Gasteiger partial charge in [0, 0.05) is 18.9 Å². The molecule has 1 heterocycles. The van der Waals surface area contributed by atoms with Gasteiger partial charge < -0.3 is 5.32 Å². The van der Waals surface area contributed by atoms with E-state index in [-0.39, 0.29) is 30.6 Å². The molecule has 21 heavy (non-hydrogen) atoms. The number of rotatable bonds is 5. The van der Waals surface area contributed by atoms with E-state index in [0.29, 0.717) is 21.0 Å². The second-order valence-electron chi connectivity index (χ2n) is 6.01. The molecular formula is C16H22ClNO2S. The summed E-state index contributed by atoms with van der Waals surface area (Å²) in [5.74, 6) is 1.01. The Labute approximate surface area is 135 Å². The van der Waals surface area contributed by atoms with Crippen molar-refractivity contribution in [1.29, 1.82) is 0 Å². The maximum Gasteiger partial charge on any atom is 0.220 e. The van der Waals surface area contributed by atoms with Crippen molar-refractivity contribution in [1.82, 2.24) is 5.32 Å². The smallest absolute Gasteiger partial charge is 0.220 e. The molecule has 0 bridgehead atoms. The molecule has 3 nitrogen and oxygen atoms in total. The average Bonchev–Trinajstić information content (AvgIpc) is 2.87. The van der Waals surface area contributed by atoms with E-state index in [2.05, 4.69) is 19.2 Å². The van der Waals surface area contributed by atoms with E-state index in [9.17, 15) is 9.59 Å². The molecule has 0 saturated heterocycles. The number of Topliss-reactive ketones (excluding diaryl/α,β-unsaturated/α-hetero) is 1. The van der Waals surface area contributed by atoms with Crippen LogP contribution in [0.2, 0.25) is 4.34 Å². The highest BCUT2D eigenvalue weighted by Crippen LogP contribution is 2.29. The van der Waals surface area contributed by atoms with Gasteiger partial charge in [0.1, 0.15) is 0 Å². The zero-order chi connectivity index (χ0) is 15.4. The molecule has 1 saturated carbocycles. The van der Waals surface area contributed by atoms with Crippen LogP contribution in [0, 0.1) is 11.8 Å². The molecule has 0 aromatic carbocycles. The first-order valence-electron chi connectivity index (χ1n) is 7.55. The molecule has 0 aliphatic heterocycles. The number of carbonyl (C=O) groups is 2. The molecule has 1 N–H and O–H groups in total. The van der Waals surface area contributed by atoms with Gasteiger partial charge in [-0.2, -0.15) is 0 Å². The Bertz CT molecular complexity index is 504. The Morgan fingerprint density at radius 1 is 1.24 bits per heavy atom. The third-order valence-corrected chi connectivity index (χ3v) is 5.57. The van der Waals surface area contributed by atoms with Crippen LogP contribution in [0.25, 0.3) is 0 Å². The minimum absolute atomic E-state index is 0.00760. The van der Waals surface area contributed by atoms with Crippen LogP contribution in [-0.4, -0.2) is 17.7 Å². The maximum atomic E-state index is 12.1. The van der Waals surface area contributed by atoms with Crippen molar-refractivity contribution in [3.63, 3.8) is 0 Å². The first-order valence-corrected chi connectivity index (χ1v) is 8.74. The van der Waals surface area contributed by atoms with Gasteiger partial charge in [0.25, 0.3) is 0 Å². The Hall–Kier alpha value is -0.870. The molecule has 1 fully saturated rings. The summed E-state index contributed by atoms with van der Waals surface area (Å²) in [6.07, 6.45) is 4.08. The number of hydrogen-bond donors (Lipinski definition) is 1. The number of amides is 1. The predicted octanol–water partition coefficient (Wildman–Crippen LogP) is 4.31. The van der Waals surface area contributed by atoms with Crippen LogP contribution in [0.1, 0.15) is 55.6 Å². The third-order valence-electron chi connectivity index (χ3n) is 4.30. The fraction of sp³-hybridized carbons (Fsp3) is 0.625. The highest BCUT2D eigenvalue weighted by molar-refractivity contribution is 7.18. The van der Waals surface area contributed by atoms with E-state index in [1.807, 2.05) is 0 Å². The molecule has 0 radical (unpaired) electrons. The Kier molecular flexibility index (Phi) is 5.82. The summed E-state index contributed by atoms with van der Waals surface area (Å²) in [6.45, 7) is 4.39. The van der Waals surface area contributed by atoms with Crippen LogP contribution in [0.4, 0.5) is 0 Å². The molecule has 2 atom stereocenters. The van der Waals surface area contributed by atoms with Crippen LogP contribution in [-0.2, 0) is 4.79 Å². The molecule has 2 rings (SSSR count). The Balaban J connectivity index is 1.80. The zero-order valence-corrected chi connectivity index (χ0v) is 14.1. The highest BCUT2D eigenvalue weighted by Gasteiger charge is 2.28. The van der Waals surface area contributed by atoms with Crippen molar-refractivity contribution in [2.75, 3.05) is 0 Å². The van der Waals surface area contributed by atoms with Crippen LogP contribution < -0.4 is 5.32 Å². The standard InChI is InChI=1S/C16H22ClNO2S/c1-10-4-3-5-11(2)16(10)18-15(20)9-6-12(19)13-7-8-14(17)21-13/h7-8,10-11,16H,3-6,9H2,1-2H3,(H,18,20). The Morgan fingerprint density at radius 2 is 1.90 bits per heavy atom. The minimum Gasteiger partial charge on any atom is -0.353 e. The first-order chi connectivity index (χ1) is 9.97. The lowest BCUT2D eigenvalue weighted by Crippen LogP contribution is -2.45. The minimum atomic E-state index is -0.0170. The predicted molar refractivity (Wildman–Crippen MR) is 87.0 cm³/mol. The topological polar surface area (TPSA) is 46.2 Å². The summed E-state index contributed by atoms with van der Waals surface area (Å²) in [7, 11) is 0. The lowest BCUT2D eigenvalue weighted by atomic mass is 9.78. The SMILES string of the molecule is CC1CCCC(C)C1NC(=O)CCC(=O)c1ccc(Cl)s1. The van der Waals surface area contributed by atoms with Crippen molar-refractivity contribution in [2.24, 2.45) is 11.8 Å². The van der Waals surface area contributed by atoms with E-state index in [1.165, 1.54) is 30.6 Å². The second-order valence-corrected chi connectivity index (χ2v) is 7.72. The van der Waals surface area contributed by atoms with Crippen molar-refractivity contribution < 1.29 is 9.59 Å². The molecule has 0 spiro atoms. The molecule has 5 heteroatoms. The first kappa shape index (κ1) is 16.5.